The highest BCUT2D eigenvalue weighted by atomic mass is 19.1. The molecular formula is C25H25FN4O2. The fourth-order valence-electron chi connectivity index (χ4n) is 4.09. The number of furan rings is 1. The molecule has 32 heavy (non-hydrogen) atoms. The van der Waals surface area contributed by atoms with Crippen LogP contribution in [-0.4, -0.2) is 35.0 Å². The van der Waals surface area contributed by atoms with E-state index in [1.807, 2.05) is 24.3 Å². The summed E-state index contributed by atoms with van der Waals surface area (Å²) in [7, 11) is 0. The van der Waals surface area contributed by atoms with Crippen molar-refractivity contribution in [3.63, 3.8) is 0 Å². The fourth-order valence-corrected chi connectivity index (χ4v) is 4.09. The summed E-state index contributed by atoms with van der Waals surface area (Å²) in [4.78, 5) is 17.2. The number of benzene rings is 2. The van der Waals surface area contributed by atoms with E-state index < -0.39 is 5.82 Å². The van der Waals surface area contributed by atoms with Gasteiger partial charge in [-0.15, -0.1) is 0 Å². The molecule has 6 nitrogen and oxygen atoms in total. The Morgan fingerprint density at radius 1 is 1.16 bits per heavy atom. The number of urea groups is 1. The van der Waals surface area contributed by atoms with Crippen molar-refractivity contribution >= 4 is 11.7 Å². The Morgan fingerprint density at radius 3 is 2.69 bits per heavy atom. The Morgan fingerprint density at radius 2 is 1.97 bits per heavy atom. The number of carbonyl (C=O) groups excluding carboxylic acids is 1. The number of rotatable bonds is 6. The minimum absolute atomic E-state index is 0.0374. The number of hydrogen-bond donors (Lipinski definition) is 1. The zero-order valence-corrected chi connectivity index (χ0v) is 17.7. The maximum absolute atomic E-state index is 13.5. The normalized spacial score (nSPS) is 14.6. The van der Waals surface area contributed by atoms with Crippen molar-refractivity contribution < 1.29 is 13.6 Å². The molecule has 4 rings (SSSR count). The summed E-state index contributed by atoms with van der Waals surface area (Å²) in [6.45, 7) is 2.80. The molecular weight excluding hydrogens is 407 g/mol. The number of halogens is 1. The van der Waals surface area contributed by atoms with Crippen molar-refractivity contribution in [1.29, 1.82) is 5.26 Å². The minimum atomic E-state index is -0.394. The molecule has 0 radical (unpaired) electrons. The highest BCUT2D eigenvalue weighted by molar-refractivity contribution is 5.89. The Balaban J connectivity index is 1.41. The molecule has 0 spiro atoms. The van der Waals surface area contributed by atoms with E-state index in [-0.39, 0.29) is 12.1 Å². The number of carbonyl (C=O) groups is 1. The average Bonchev–Trinajstić information content (AvgIpc) is 3.32. The van der Waals surface area contributed by atoms with E-state index in [9.17, 15) is 9.18 Å². The number of piperidine rings is 1. The second-order valence-electron chi connectivity index (χ2n) is 7.97. The van der Waals surface area contributed by atoms with Crippen molar-refractivity contribution in [2.24, 2.45) is 0 Å². The summed E-state index contributed by atoms with van der Waals surface area (Å²) in [6, 6.07) is 19.1. The maximum Gasteiger partial charge on any atom is 0.322 e. The van der Waals surface area contributed by atoms with Gasteiger partial charge in [-0.25, -0.2) is 9.18 Å². The van der Waals surface area contributed by atoms with Gasteiger partial charge in [0.15, 0.2) is 0 Å². The molecule has 1 N–H and O–H groups in total. The number of nitrogens with zero attached hydrogens (tertiary/aromatic N) is 3. The second kappa shape index (κ2) is 10.1. The van der Waals surface area contributed by atoms with Crippen LogP contribution in [0.4, 0.5) is 14.9 Å². The highest BCUT2D eigenvalue weighted by Gasteiger charge is 2.29. The average molecular weight is 432 g/mol. The lowest BCUT2D eigenvalue weighted by atomic mass is 10.0. The third-order valence-electron chi connectivity index (χ3n) is 5.70. The number of hydrogen-bond acceptors (Lipinski definition) is 4. The molecule has 2 aromatic carbocycles. The van der Waals surface area contributed by atoms with E-state index in [1.165, 1.54) is 12.1 Å². The number of likely N-dealkylation sites (tertiary alicyclic amines) is 1. The molecule has 2 heterocycles. The van der Waals surface area contributed by atoms with Gasteiger partial charge in [-0.3, -0.25) is 4.90 Å². The third-order valence-corrected chi connectivity index (χ3v) is 5.70. The molecule has 0 bridgehead atoms. The van der Waals surface area contributed by atoms with Crippen LogP contribution >= 0.6 is 0 Å². The van der Waals surface area contributed by atoms with Crippen molar-refractivity contribution in [1.82, 2.24) is 9.80 Å². The predicted molar refractivity (Wildman–Crippen MR) is 119 cm³/mol. The van der Waals surface area contributed by atoms with Crippen LogP contribution in [0.1, 0.15) is 29.7 Å². The summed E-state index contributed by atoms with van der Waals surface area (Å²) >= 11 is 0. The topological polar surface area (TPSA) is 72.5 Å². The first-order valence-corrected chi connectivity index (χ1v) is 10.7. The van der Waals surface area contributed by atoms with E-state index in [4.69, 9.17) is 9.68 Å². The van der Waals surface area contributed by atoms with Gasteiger partial charge in [0.1, 0.15) is 11.6 Å². The van der Waals surface area contributed by atoms with Gasteiger partial charge in [-0.2, -0.15) is 5.26 Å². The Kier molecular flexibility index (Phi) is 6.83. The number of anilines is 1. The molecule has 7 heteroatoms. The first-order chi connectivity index (χ1) is 15.6. The maximum atomic E-state index is 13.5. The Bertz CT molecular complexity index is 1090. The number of nitrogens with one attached hydrogen (secondary N) is 1. The summed E-state index contributed by atoms with van der Waals surface area (Å²) in [6.07, 6.45) is 3.22. The van der Waals surface area contributed by atoms with Crippen molar-refractivity contribution in [3.05, 3.63) is 89.6 Å². The molecule has 1 saturated heterocycles. The predicted octanol–water partition coefficient (Wildman–Crippen LogP) is 4.99. The molecule has 1 aromatic heterocycles. The largest absolute Gasteiger partial charge is 0.467 e. The van der Waals surface area contributed by atoms with E-state index in [0.717, 1.165) is 38.0 Å². The molecule has 0 aliphatic carbocycles. The summed E-state index contributed by atoms with van der Waals surface area (Å²) in [5, 5.41) is 11.9. The van der Waals surface area contributed by atoms with Crippen LogP contribution in [0, 0.1) is 17.1 Å². The summed E-state index contributed by atoms with van der Waals surface area (Å²) in [5.41, 5.74) is 2.20. The Labute approximate surface area is 186 Å². The minimum Gasteiger partial charge on any atom is -0.467 e. The first-order valence-electron chi connectivity index (χ1n) is 10.7. The van der Waals surface area contributed by atoms with Gasteiger partial charge in [0.25, 0.3) is 0 Å². The van der Waals surface area contributed by atoms with Gasteiger partial charge in [0.2, 0.25) is 0 Å². The summed E-state index contributed by atoms with van der Waals surface area (Å²) in [5.74, 6) is 0.310. The van der Waals surface area contributed by atoms with E-state index >= 15 is 0 Å². The standard InChI is InChI=1S/C25H25FN4O2/c26-21-6-2-7-22(15-21)28-25(31)30(18-24-8-3-13-32-24)23-9-11-29(12-10-23)17-20-5-1-4-19(14-20)16-27/h1-8,13-15,23H,9-12,17-18H2,(H,28,31). The molecule has 1 aliphatic rings. The lowest BCUT2D eigenvalue weighted by molar-refractivity contribution is 0.115. The van der Waals surface area contributed by atoms with Gasteiger partial charge >= 0.3 is 6.03 Å². The SMILES string of the molecule is N#Cc1cccc(CN2CCC(N(Cc3ccco3)C(=O)Nc3cccc(F)c3)CC2)c1. The molecule has 1 fully saturated rings. The van der Waals surface area contributed by atoms with Crippen LogP contribution < -0.4 is 5.32 Å². The van der Waals surface area contributed by atoms with Gasteiger partial charge in [0.05, 0.1) is 24.4 Å². The molecule has 0 unspecified atom stereocenters. The van der Waals surface area contributed by atoms with Gasteiger partial charge in [-0.05, 0) is 60.9 Å². The monoisotopic (exact) mass is 432 g/mol. The molecule has 0 atom stereocenters. The van der Waals surface area contributed by atoms with Gasteiger partial charge in [-0.1, -0.05) is 18.2 Å². The van der Waals surface area contributed by atoms with Crippen molar-refractivity contribution in [2.45, 2.75) is 32.0 Å². The molecule has 1 aliphatic heterocycles. The van der Waals surface area contributed by atoms with Crippen LogP contribution in [0.2, 0.25) is 0 Å². The number of amides is 2. The first kappa shape index (κ1) is 21.6. The smallest absolute Gasteiger partial charge is 0.322 e. The molecule has 2 amide bonds. The highest BCUT2D eigenvalue weighted by Crippen LogP contribution is 2.22. The zero-order valence-electron chi connectivity index (χ0n) is 17.7. The summed E-state index contributed by atoms with van der Waals surface area (Å²) < 4.78 is 19.0. The van der Waals surface area contributed by atoms with Crippen molar-refractivity contribution in [3.8, 4) is 6.07 Å². The molecule has 3 aromatic rings. The van der Waals surface area contributed by atoms with Crippen LogP contribution in [0.5, 0.6) is 0 Å². The fraction of sp³-hybridized carbons (Fsp3) is 0.280. The van der Waals surface area contributed by atoms with Crippen molar-refractivity contribution in [2.75, 3.05) is 18.4 Å². The van der Waals surface area contributed by atoms with Gasteiger partial charge in [0, 0.05) is 31.4 Å². The number of nitriles is 1. The van der Waals surface area contributed by atoms with Crippen LogP contribution in [0.25, 0.3) is 0 Å². The second-order valence-corrected chi connectivity index (χ2v) is 7.97. The lowest BCUT2D eigenvalue weighted by Gasteiger charge is -2.38. The van der Waals surface area contributed by atoms with E-state index in [2.05, 4.69) is 16.3 Å². The van der Waals surface area contributed by atoms with E-state index in [1.54, 1.807) is 35.4 Å². The van der Waals surface area contributed by atoms with Crippen LogP contribution in [0.15, 0.2) is 71.3 Å². The van der Waals surface area contributed by atoms with E-state index in [0.29, 0.717) is 23.6 Å². The van der Waals surface area contributed by atoms with Crippen LogP contribution in [0.3, 0.4) is 0 Å². The third kappa shape index (κ3) is 5.54. The lowest BCUT2D eigenvalue weighted by Crippen LogP contribution is -2.48. The Hall–Kier alpha value is -3.63. The zero-order chi connectivity index (χ0) is 22.3. The van der Waals surface area contributed by atoms with Crippen LogP contribution in [-0.2, 0) is 13.1 Å². The molecule has 0 saturated carbocycles. The molecule has 164 valence electrons. The van der Waals surface area contributed by atoms with Gasteiger partial charge < -0.3 is 14.6 Å². The quantitative estimate of drug-likeness (QED) is 0.596.